The maximum atomic E-state index is 12.9. The van der Waals surface area contributed by atoms with Crippen molar-refractivity contribution in [3.63, 3.8) is 0 Å². The minimum atomic E-state index is -0.345. The van der Waals surface area contributed by atoms with E-state index in [-0.39, 0.29) is 30.0 Å². The molecule has 2 aromatic heterocycles. The lowest BCUT2D eigenvalue weighted by molar-refractivity contribution is -0.119. The van der Waals surface area contributed by atoms with Gasteiger partial charge in [0.05, 0.1) is 17.4 Å². The van der Waals surface area contributed by atoms with Gasteiger partial charge in [0.2, 0.25) is 5.91 Å². The van der Waals surface area contributed by atoms with Crippen LogP contribution < -0.4 is 21.7 Å². The molecular weight excluding hydrogens is 478 g/mol. The first-order valence-corrected chi connectivity index (χ1v) is 11.8. The van der Waals surface area contributed by atoms with E-state index in [2.05, 4.69) is 26.0 Å². The third kappa shape index (κ3) is 5.16. The van der Waals surface area contributed by atoms with E-state index in [4.69, 9.17) is 17.3 Å². The number of aromatic nitrogens is 3. The molecule has 9 nitrogen and oxygen atoms in total. The monoisotopic (exact) mass is 501 g/mol. The highest BCUT2D eigenvalue weighted by molar-refractivity contribution is 6.31. The van der Waals surface area contributed by atoms with E-state index in [1.165, 1.54) is 0 Å². The summed E-state index contributed by atoms with van der Waals surface area (Å²) in [5, 5.41) is 14.1. The molecule has 36 heavy (non-hydrogen) atoms. The highest BCUT2D eigenvalue weighted by atomic mass is 35.5. The molecule has 5 N–H and O–H groups in total. The van der Waals surface area contributed by atoms with E-state index in [1.54, 1.807) is 16.8 Å². The van der Waals surface area contributed by atoms with Crippen molar-refractivity contribution in [3.05, 3.63) is 89.1 Å². The molecule has 10 heteroatoms. The zero-order valence-electron chi connectivity index (χ0n) is 19.2. The number of para-hydroxylation sites is 1. The summed E-state index contributed by atoms with van der Waals surface area (Å²) in [6.45, 7) is 0.793. The van der Waals surface area contributed by atoms with Gasteiger partial charge in [-0.25, -0.2) is 9.67 Å². The number of pyridine rings is 1. The molecule has 1 fully saturated rings. The Hall–Kier alpha value is -4.37. The van der Waals surface area contributed by atoms with E-state index in [0.717, 1.165) is 22.5 Å². The molecule has 1 aliphatic rings. The largest absolute Gasteiger partial charge is 0.384 e. The topological polar surface area (TPSA) is 127 Å². The summed E-state index contributed by atoms with van der Waals surface area (Å²) in [5.74, 6) is 0.639. The number of hydrogen-bond acceptors (Lipinski definition) is 6. The van der Waals surface area contributed by atoms with Gasteiger partial charge < -0.3 is 21.7 Å². The maximum Gasteiger partial charge on any atom is 0.272 e. The quantitative estimate of drug-likeness (QED) is 0.307. The second-order valence-electron chi connectivity index (χ2n) is 8.45. The van der Waals surface area contributed by atoms with Gasteiger partial charge in [0.15, 0.2) is 5.69 Å². The molecule has 5 rings (SSSR count). The van der Waals surface area contributed by atoms with Crippen molar-refractivity contribution in [1.82, 2.24) is 25.4 Å². The third-order valence-electron chi connectivity index (χ3n) is 5.83. The van der Waals surface area contributed by atoms with E-state index in [1.807, 2.05) is 60.7 Å². The first-order chi connectivity index (χ1) is 17.5. The highest BCUT2D eigenvalue weighted by Crippen LogP contribution is 2.26. The van der Waals surface area contributed by atoms with Crippen LogP contribution in [0.2, 0.25) is 5.02 Å². The molecular formula is C26H24ClN7O2. The molecule has 0 radical (unpaired) electrons. The van der Waals surface area contributed by atoms with E-state index < -0.39 is 0 Å². The van der Waals surface area contributed by atoms with Gasteiger partial charge in [-0.15, -0.1) is 0 Å². The van der Waals surface area contributed by atoms with Gasteiger partial charge in [-0.3, -0.25) is 9.59 Å². The van der Waals surface area contributed by atoms with Gasteiger partial charge in [0.1, 0.15) is 11.6 Å². The van der Waals surface area contributed by atoms with Crippen LogP contribution in [0.1, 0.15) is 22.5 Å². The van der Waals surface area contributed by atoms with Crippen LogP contribution in [0.5, 0.6) is 0 Å². The van der Waals surface area contributed by atoms with Crippen LogP contribution >= 0.6 is 11.6 Å². The number of carbonyl (C=O) groups is 2. The number of rotatable bonds is 7. The summed E-state index contributed by atoms with van der Waals surface area (Å²) in [6, 6.07) is 22.1. The smallest absolute Gasteiger partial charge is 0.272 e. The standard InChI is InChI=1S/C26H24ClN7O2/c27-20-10-9-16(21-7-4-8-23(28)32-21)11-17(20)14-29-24-13-22(26(36)31-18-12-25(35)30-15-18)33-34(24)19-5-2-1-3-6-19/h1-11,13,18,29H,12,14-15H2,(H2,28,32)(H,30,35)(H,31,36). The van der Waals surface area contributed by atoms with Crippen LogP contribution in [0.4, 0.5) is 11.6 Å². The number of nitrogens with zero attached hydrogens (tertiary/aromatic N) is 3. The Morgan fingerprint density at radius 1 is 1.11 bits per heavy atom. The fourth-order valence-corrected chi connectivity index (χ4v) is 4.20. The van der Waals surface area contributed by atoms with Crippen molar-refractivity contribution in [2.75, 3.05) is 17.6 Å². The number of anilines is 2. The van der Waals surface area contributed by atoms with Crippen molar-refractivity contribution < 1.29 is 9.59 Å². The average molecular weight is 502 g/mol. The third-order valence-corrected chi connectivity index (χ3v) is 6.20. The molecule has 1 unspecified atom stereocenters. The number of halogens is 1. The molecule has 1 saturated heterocycles. The fourth-order valence-electron chi connectivity index (χ4n) is 4.02. The summed E-state index contributed by atoms with van der Waals surface area (Å²) in [6.07, 6.45) is 0.257. The van der Waals surface area contributed by atoms with Crippen molar-refractivity contribution in [2.24, 2.45) is 0 Å². The van der Waals surface area contributed by atoms with Crippen molar-refractivity contribution in [1.29, 1.82) is 0 Å². The molecule has 0 aliphatic carbocycles. The Morgan fingerprint density at radius 2 is 1.94 bits per heavy atom. The van der Waals surface area contributed by atoms with Crippen molar-refractivity contribution >= 4 is 35.1 Å². The number of amides is 2. The van der Waals surface area contributed by atoms with E-state index in [9.17, 15) is 9.59 Å². The van der Waals surface area contributed by atoms with Gasteiger partial charge in [0.25, 0.3) is 5.91 Å². The van der Waals surface area contributed by atoms with Gasteiger partial charge in [-0.2, -0.15) is 5.10 Å². The van der Waals surface area contributed by atoms with Gasteiger partial charge in [-0.05, 0) is 42.0 Å². The molecule has 0 bridgehead atoms. The second kappa shape index (κ2) is 10.1. The number of hydrogen-bond donors (Lipinski definition) is 4. The Balaban J connectivity index is 1.40. The van der Waals surface area contributed by atoms with Crippen LogP contribution in [0.25, 0.3) is 16.9 Å². The van der Waals surface area contributed by atoms with Gasteiger partial charge >= 0.3 is 0 Å². The fraction of sp³-hybridized carbons (Fsp3) is 0.154. The summed E-state index contributed by atoms with van der Waals surface area (Å²) in [4.78, 5) is 28.7. The number of benzene rings is 2. The number of nitrogens with one attached hydrogen (secondary N) is 3. The van der Waals surface area contributed by atoms with Crippen LogP contribution in [-0.4, -0.2) is 39.2 Å². The van der Waals surface area contributed by atoms with Crippen LogP contribution in [0.15, 0.2) is 72.8 Å². The Bertz CT molecular complexity index is 1420. The second-order valence-corrected chi connectivity index (χ2v) is 8.86. The first-order valence-electron chi connectivity index (χ1n) is 11.4. The minimum absolute atomic E-state index is 0.0787. The van der Waals surface area contributed by atoms with Gasteiger partial charge in [-0.1, -0.05) is 41.9 Å². The Labute approximate surface area is 212 Å². The Morgan fingerprint density at radius 3 is 2.69 bits per heavy atom. The summed E-state index contributed by atoms with van der Waals surface area (Å²) < 4.78 is 1.67. The predicted molar refractivity (Wildman–Crippen MR) is 139 cm³/mol. The molecule has 2 amide bonds. The normalized spacial score (nSPS) is 14.9. The molecule has 2 aromatic carbocycles. The zero-order chi connectivity index (χ0) is 25.1. The maximum absolute atomic E-state index is 12.9. The molecule has 0 saturated carbocycles. The predicted octanol–water partition coefficient (Wildman–Crippen LogP) is 3.40. The number of nitrogen functional groups attached to an aromatic ring is 1. The van der Waals surface area contributed by atoms with Gasteiger partial charge in [0, 0.05) is 36.2 Å². The highest BCUT2D eigenvalue weighted by Gasteiger charge is 2.25. The van der Waals surface area contributed by atoms with Crippen LogP contribution in [0, 0.1) is 0 Å². The number of nitrogens with two attached hydrogens (primary N) is 1. The zero-order valence-corrected chi connectivity index (χ0v) is 20.0. The van der Waals surface area contributed by atoms with Crippen molar-refractivity contribution in [2.45, 2.75) is 19.0 Å². The molecule has 4 aromatic rings. The molecule has 3 heterocycles. The van der Waals surface area contributed by atoms with Crippen molar-refractivity contribution in [3.8, 4) is 16.9 Å². The lowest BCUT2D eigenvalue weighted by Gasteiger charge is -2.12. The molecule has 182 valence electrons. The molecule has 0 spiro atoms. The van der Waals surface area contributed by atoms with Crippen LogP contribution in [-0.2, 0) is 11.3 Å². The molecule has 1 aliphatic heterocycles. The lowest BCUT2D eigenvalue weighted by Crippen LogP contribution is -2.36. The Kier molecular flexibility index (Phi) is 6.55. The average Bonchev–Trinajstić information content (AvgIpc) is 3.50. The van der Waals surface area contributed by atoms with E-state index in [0.29, 0.717) is 29.7 Å². The van der Waals surface area contributed by atoms with E-state index >= 15 is 0 Å². The summed E-state index contributed by atoms with van der Waals surface area (Å²) >= 11 is 6.50. The first kappa shape index (κ1) is 23.4. The molecule has 1 atom stereocenters. The summed E-state index contributed by atoms with van der Waals surface area (Å²) in [7, 11) is 0. The number of carbonyl (C=O) groups excluding carboxylic acids is 2. The SMILES string of the molecule is Nc1cccc(-c2ccc(Cl)c(CNc3cc(C(=O)NC4CNC(=O)C4)nn3-c3ccccc3)c2)n1. The van der Waals surface area contributed by atoms with Crippen LogP contribution in [0.3, 0.4) is 0 Å². The minimum Gasteiger partial charge on any atom is -0.384 e. The lowest BCUT2D eigenvalue weighted by atomic mass is 10.1. The summed E-state index contributed by atoms with van der Waals surface area (Å²) in [5.41, 5.74) is 9.36.